The molecule has 7 nitrogen and oxygen atoms in total. The highest BCUT2D eigenvalue weighted by molar-refractivity contribution is 7.91. The summed E-state index contributed by atoms with van der Waals surface area (Å²) in [4.78, 5) is 12.6. The van der Waals surface area contributed by atoms with Gasteiger partial charge in [-0.1, -0.05) is 30.7 Å². The average Bonchev–Trinajstić information content (AvgIpc) is 2.67. The molecule has 1 saturated heterocycles. The van der Waals surface area contributed by atoms with Gasteiger partial charge in [-0.25, -0.2) is 16.8 Å². The lowest BCUT2D eigenvalue weighted by molar-refractivity contribution is 0.102. The number of carbonyl (C=O) groups excluding carboxylic acids is 1. The van der Waals surface area contributed by atoms with Crippen molar-refractivity contribution in [1.82, 2.24) is 4.31 Å². The lowest BCUT2D eigenvalue weighted by Gasteiger charge is -2.30. The minimum absolute atomic E-state index is 0.0255. The molecule has 1 atom stereocenters. The van der Waals surface area contributed by atoms with E-state index < -0.39 is 25.8 Å². The summed E-state index contributed by atoms with van der Waals surface area (Å²) in [5.74, 6) is -0.391. The molecule has 1 aliphatic heterocycles. The summed E-state index contributed by atoms with van der Waals surface area (Å²) >= 11 is 6.17. The maximum Gasteiger partial charge on any atom is 0.255 e. The van der Waals surface area contributed by atoms with Gasteiger partial charge in [0.1, 0.15) is 4.90 Å². The van der Waals surface area contributed by atoms with E-state index in [1.807, 2.05) is 6.92 Å². The highest BCUT2D eigenvalue weighted by Crippen LogP contribution is 2.29. The van der Waals surface area contributed by atoms with E-state index in [4.69, 9.17) is 11.6 Å². The molecule has 0 spiro atoms. The number of halogens is 1. The summed E-state index contributed by atoms with van der Waals surface area (Å²) in [6.45, 7) is 2.80. The Morgan fingerprint density at radius 1 is 1.10 bits per heavy atom. The molecule has 1 amide bonds. The summed E-state index contributed by atoms with van der Waals surface area (Å²) in [5.41, 5.74) is 0.181. The average molecular weight is 471 g/mol. The van der Waals surface area contributed by atoms with Crippen LogP contribution in [0.5, 0.6) is 0 Å². The van der Waals surface area contributed by atoms with Gasteiger partial charge < -0.3 is 5.32 Å². The Balaban J connectivity index is 1.93. The third-order valence-corrected chi connectivity index (χ3v) is 8.47. The molecule has 0 radical (unpaired) electrons. The Labute approximate surface area is 182 Å². The topological polar surface area (TPSA) is 101 Å². The number of hydrogen-bond donors (Lipinski definition) is 1. The monoisotopic (exact) mass is 470 g/mol. The quantitative estimate of drug-likeness (QED) is 0.721. The summed E-state index contributed by atoms with van der Waals surface area (Å²) in [5, 5.41) is 2.58. The van der Waals surface area contributed by atoms with Crippen LogP contribution < -0.4 is 5.32 Å². The zero-order valence-electron chi connectivity index (χ0n) is 16.6. The van der Waals surface area contributed by atoms with Gasteiger partial charge in [-0.3, -0.25) is 4.79 Å². The van der Waals surface area contributed by atoms with E-state index in [0.717, 1.165) is 19.1 Å². The van der Waals surface area contributed by atoms with Gasteiger partial charge in [-0.15, -0.1) is 0 Å². The molecule has 2 aromatic carbocycles. The minimum atomic E-state index is -3.86. The number of amides is 1. The van der Waals surface area contributed by atoms with Gasteiger partial charge in [-0.2, -0.15) is 4.31 Å². The van der Waals surface area contributed by atoms with Crippen molar-refractivity contribution in [2.24, 2.45) is 5.92 Å². The normalized spacial score (nSPS) is 18.2. The van der Waals surface area contributed by atoms with E-state index in [9.17, 15) is 21.6 Å². The number of rotatable bonds is 5. The van der Waals surface area contributed by atoms with Crippen molar-refractivity contribution in [3.63, 3.8) is 0 Å². The Morgan fingerprint density at radius 2 is 1.80 bits per heavy atom. The molecule has 1 unspecified atom stereocenters. The van der Waals surface area contributed by atoms with E-state index in [2.05, 4.69) is 5.32 Å². The predicted molar refractivity (Wildman–Crippen MR) is 116 cm³/mol. The van der Waals surface area contributed by atoms with E-state index in [1.165, 1.54) is 34.6 Å². The number of carbonyl (C=O) groups is 1. The molecule has 10 heteroatoms. The first-order valence-corrected chi connectivity index (χ1v) is 13.1. The standard InChI is InChI=1S/C20H23ClN2O5S2/c1-14-6-5-11-23(13-14)30(27,28)19-12-15(9-10-16(19)21)20(24)22-17-7-3-4-8-18(17)29(2,25)26/h3-4,7-10,12,14H,5-6,11,13H2,1-2H3,(H,22,24). The second-order valence-electron chi connectivity index (χ2n) is 7.48. The van der Waals surface area contributed by atoms with Crippen LogP contribution in [0.4, 0.5) is 5.69 Å². The Hall–Kier alpha value is -1.94. The second kappa shape index (κ2) is 8.66. The molecule has 0 aliphatic carbocycles. The lowest BCUT2D eigenvalue weighted by atomic mass is 10.0. The summed E-state index contributed by atoms with van der Waals surface area (Å²) in [6, 6.07) is 10.0. The molecular formula is C20H23ClN2O5S2. The van der Waals surface area contributed by atoms with Crippen LogP contribution in [0, 0.1) is 5.92 Å². The van der Waals surface area contributed by atoms with Crippen molar-refractivity contribution in [1.29, 1.82) is 0 Å². The number of nitrogens with zero attached hydrogens (tertiary/aromatic N) is 1. The molecular weight excluding hydrogens is 448 g/mol. The fourth-order valence-electron chi connectivity index (χ4n) is 3.43. The van der Waals surface area contributed by atoms with E-state index >= 15 is 0 Å². The molecule has 30 heavy (non-hydrogen) atoms. The third-order valence-electron chi connectivity index (χ3n) is 4.97. The van der Waals surface area contributed by atoms with Crippen LogP contribution in [0.1, 0.15) is 30.1 Å². The number of anilines is 1. The van der Waals surface area contributed by atoms with Crippen LogP contribution in [0.2, 0.25) is 5.02 Å². The number of hydrogen-bond acceptors (Lipinski definition) is 5. The van der Waals surface area contributed by atoms with Crippen molar-refractivity contribution in [3.05, 3.63) is 53.1 Å². The molecule has 0 bridgehead atoms. The van der Waals surface area contributed by atoms with Gasteiger partial charge in [0.2, 0.25) is 10.0 Å². The van der Waals surface area contributed by atoms with Gasteiger partial charge >= 0.3 is 0 Å². The van der Waals surface area contributed by atoms with Crippen LogP contribution in [0.3, 0.4) is 0 Å². The molecule has 3 rings (SSSR count). The highest BCUT2D eigenvalue weighted by atomic mass is 35.5. The highest BCUT2D eigenvalue weighted by Gasteiger charge is 2.31. The number of sulfonamides is 1. The van der Waals surface area contributed by atoms with Gasteiger partial charge in [0.25, 0.3) is 5.91 Å². The molecule has 1 N–H and O–H groups in total. The fourth-order valence-corrected chi connectivity index (χ4v) is 6.38. The minimum Gasteiger partial charge on any atom is -0.321 e. The van der Waals surface area contributed by atoms with E-state index in [1.54, 1.807) is 12.1 Å². The molecule has 1 aliphatic rings. The van der Waals surface area contributed by atoms with Gasteiger partial charge in [0, 0.05) is 24.9 Å². The fraction of sp³-hybridized carbons (Fsp3) is 0.350. The maximum absolute atomic E-state index is 13.1. The molecule has 1 fully saturated rings. The molecule has 1 heterocycles. The van der Waals surface area contributed by atoms with Gasteiger partial charge in [0.15, 0.2) is 9.84 Å². The van der Waals surface area contributed by atoms with Crippen molar-refractivity contribution in [2.45, 2.75) is 29.6 Å². The van der Waals surface area contributed by atoms with Crippen LogP contribution in [-0.4, -0.2) is 46.4 Å². The largest absolute Gasteiger partial charge is 0.321 e. The number of para-hydroxylation sites is 1. The zero-order valence-corrected chi connectivity index (χ0v) is 19.0. The van der Waals surface area contributed by atoms with Crippen LogP contribution in [-0.2, 0) is 19.9 Å². The maximum atomic E-state index is 13.1. The molecule has 2 aromatic rings. The number of benzene rings is 2. The van der Waals surface area contributed by atoms with Crippen molar-refractivity contribution < 1.29 is 21.6 Å². The first-order chi connectivity index (χ1) is 14.0. The van der Waals surface area contributed by atoms with Crippen LogP contribution >= 0.6 is 11.6 Å². The number of piperidine rings is 1. The first kappa shape index (κ1) is 22.7. The second-order valence-corrected chi connectivity index (χ2v) is 11.8. The van der Waals surface area contributed by atoms with Gasteiger partial charge in [0.05, 0.1) is 15.6 Å². The summed E-state index contributed by atoms with van der Waals surface area (Å²) in [6.07, 6.45) is 2.77. The predicted octanol–water partition coefficient (Wildman–Crippen LogP) is 3.42. The summed E-state index contributed by atoms with van der Waals surface area (Å²) < 4.78 is 51.5. The molecule has 162 valence electrons. The third kappa shape index (κ3) is 4.85. The van der Waals surface area contributed by atoms with Crippen molar-refractivity contribution in [2.75, 3.05) is 24.7 Å². The van der Waals surface area contributed by atoms with Crippen LogP contribution in [0.15, 0.2) is 52.3 Å². The number of sulfone groups is 1. The van der Waals surface area contributed by atoms with Crippen molar-refractivity contribution >= 4 is 43.1 Å². The smallest absolute Gasteiger partial charge is 0.255 e. The zero-order chi connectivity index (χ0) is 22.1. The molecule has 0 saturated carbocycles. The Morgan fingerprint density at radius 3 is 2.47 bits per heavy atom. The van der Waals surface area contributed by atoms with Crippen molar-refractivity contribution in [3.8, 4) is 0 Å². The Kier molecular flexibility index (Phi) is 6.57. The SMILES string of the molecule is CC1CCCN(S(=O)(=O)c2cc(C(=O)Nc3ccccc3S(C)(=O)=O)ccc2Cl)C1. The summed E-state index contributed by atoms with van der Waals surface area (Å²) in [7, 11) is -7.42. The first-order valence-electron chi connectivity index (χ1n) is 9.40. The van der Waals surface area contributed by atoms with Crippen LogP contribution in [0.25, 0.3) is 0 Å². The Bertz CT molecular complexity index is 1180. The van der Waals surface area contributed by atoms with Gasteiger partial charge in [-0.05, 0) is 49.1 Å². The lowest BCUT2D eigenvalue weighted by Crippen LogP contribution is -2.39. The van der Waals surface area contributed by atoms with E-state index in [-0.39, 0.29) is 32.0 Å². The van der Waals surface area contributed by atoms with E-state index in [0.29, 0.717) is 13.1 Å². The number of nitrogens with one attached hydrogen (secondary N) is 1. The molecule has 0 aromatic heterocycles.